The van der Waals surface area contributed by atoms with Crippen LogP contribution in [0.3, 0.4) is 0 Å². The molecule has 1 aromatic rings. The van der Waals surface area contributed by atoms with Crippen LogP contribution in [-0.2, 0) is 19.0 Å². The molecule has 29 heavy (non-hydrogen) atoms. The maximum absolute atomic E-state index is 12.5. The molecule has 0 bridgehead atoms. The van der Waals surface area contributed by atoms with Gasteiger partial charge in [0.05, 0.1) is 35.9 Å². The SMILES string of the molecule is C.CC(C)OC(=O)C[C@H]1C[C@@H](CCN2C(=O)c3ccccc3C2=O)OC(C)(C)O1. The number of rotatable bonds is 6. The maximum atomic E-state index is 12.5. The molecule has 0 radical (unpaired) electrons. The molecule has 2 amide bonds. The topological polar surface area (TPSA) is 82.1 Å². The van der Waals surface area contributed by atoms with Crippen molar-refractivity contribution in [1.82, 2.24) is 4.90 Å². The Morgan fingerprint density at radius 1 is 1.14 bits per heavy atom. The van der Waals surface area contributed by atoms with Gasteiger partial charge in [-0.2, -0.15) is 0 Å². The zero-order chi connectivity index (χ0) is 20.5. The summed E-state index contributed by atoms with van der Waals surface area (Å²) in [6.45, 7) is 7.45. The molecule has 7 heteroatoms. The van der Waals surface area contributed by atoms with Crippen LogP contribution in [0.5, 0.6) is 0 Å². The minimum atomic E-state index is -0.853. The number of fused-ring (bicyclic) bond motifs is 1. The number of hydrogen-bond acceptors (Lipinski definition) is 6. The van der Waals surface area contributed by atoms with Crippen LogP contribution in [0.15, 0.2) is 24.3 Å². The largest absolute Gasteiger partial charge is 0.463 e. The van der Waals surface area contributed by atoms with E-state index in [0.29, 0.717) is 24.0 Å². The first-order chi connectivity index (χ1) is 13.2. The van der Waals surface area contributed by atoms with Crippen LogP contribution in [0.1, 0.15) is 75.1 Å². The van der Waals surface area contributed by atoms with Gasteiger partial charge < -0.3 is 14.2 Å². The number of hydrogen-bond donors (Lipinski definition) is 0. The summed E-state index contributed by atoms with van der Waals surface area (Å²) in [5.41, 5.74) is 0.880. The van der Waals surface area contributed by atoms with E-state index in [2.05, 4.69) is 0 Å². The lowest BCUT2D eigenvalue weighted by molar-refractivity contribution is -0.300. The second-order valence-corrected chi connectivity index (χ2v) is 7.95. The quantitative estimate of drug-likeness (QED) is 0.532. The highest BCUT2D eigenvalue weighted by Gasteiger charge is 2.39. The second-order valence-electron chi connectivity index (χ2n) is 7.95. The zero-order valence-electron chi connectivity index (χ0n) is 16.8. The average molecular weight is 405 g/mol. The second kappa shape index (κ2) is 9.05. The molecule has 0 aliphatic carbocycles. The molecule has 1 aromatic carbocycles. The van der Waals surface area contributed by atoms with E-state index in [1.54, 1.807) is 52.0 Å². The molecule has 1 fully saturated rings. The Morgan fingerprint density at radius 3 is 2.24 bits per heavy atom. The van der Waals surface area contributed by atoms with Gasteiger partial charge in [0.2, 0.25) is 0 Å². The van der Waals surface area contributed by atoms with Crippen LogP contribution in [0, 0.1) is 0 Å². The number of amides is 2. The minimum Gasteiger partial charge on any atom is -0.463 e. The van der Waals surface area contributed by atoms with E-state index in [1.165, 1.54) is 4.90 Å². The smallest absolute Gasteiger partial charge is 0.308 e. The fourth-order valence-electron chi connectivity index (χ4n) is 3.73. The van der Waals surface area contributed by atoms with Gasteiger partial charge in [0.25, 0.3) is 11.8 Å². The van der Waals surface area contributed by atoms with Gasteiger partial charge in [-0.1, -0.05) is 19.6 Å². The molecule has 0 N–H and O–H groups in total. The highest BCUT2D eigenvalue weighted by atomic mass is 16.7. The van der Waals surface area contributed by atoms with Crippen molar-refractivity contribution in [1.29, 1.82) is 0 Å². The van der Waals surface area contributed by atoms with E-state index < -0.39 is 5.79 Å². The Bertz CT molecular complexity index is 737. The van der Waals surface area contributed by atoms with Gasteiger partial charge in [-0.3, -0.25) is 19.3 Å². The number of carbonyl (C=O) groups is 3. The Balaban J connectivity index is 0.00000300. The molecule has 2 heterocycles. The third-order valence-electron chi connectivity index (χ3n) is 4.74. The summed E-state index contributed by atoms with van der Waals surface area (Å²) in [5, 5.41) is 0. The molecule has 0 aromatic heterocycles. The molecular formula is C22H31NO6. The average Bonchev–Trinajstić information content (AvgIpc) is 2.82. The normalized spacial score (nSPS) is 23.0. The third kappa shape index (κ3) is 5.42. The minimum absolute atomic E-state index is 0. The Labute approximate surface area is 172 Å². The summed E-state index contributed by atoms with van der Waals surface area (Å²) in [7, 11) is 0. The fraction of sp³-hybridized carbons (Fsp3) is 0.591. The van der Waals surface area contributed by atoms with E-state index in [9.17, 15) is 14.4 Å². The van der Waals surface area contributed by atoms with Crippen molar-refractivity contribution in [2.24, 2.45) is 0 Å². The molecule has 0 unspecified atom stereocenters. The van der Waals surface area contributed by atoms with Crippen molar-refractivity contribution in [3.63, 3.8) is 0 Å². The van der Waals surface area contributed by atoms with Crippen LogP contribution in [0.4, 0.5) is 0 Å². The van der Waals surface area contributed by atoms with E-state index in [1.807, 2.05) is 0 Å². The molecule has 2 atom stereocenters. The van der Waals surface area contributed by atoms with Gasteiger partial charge in [0, 0.05) is 13.0 Å². The van der Waals surface area contributed by atoms with Crippen LogP contribution in [0.25, 0.3) is 0 Å². The molecular weight excluding hydrogens is 374 g/mol. The predicted molar refractivity (Wildman–Crippen MR) is 107 cm³/mol. The number of esters is 1. The first-order valence-corrected chi connectivity index (χ1v) is 9.66. The number of imide groups is 1. The zero-order valence-corrected chi connectivity index (χ0v) is 16.8. The van der Waals surface area contributed by atoms with Crippen molar-refractivity contribution in [2.45, 2.75) is 78.5 Å². The summed E-state index contributed by atoms with van der Waals surface area (Å²) in [6.07, 6.45) is 0.388. The monoisotopic (exact) mass is 405 g/mol. The van der Waals surface area contributed by atoms with Gasteiger partial charge >= 0.3 is 5.97 Å². The van der Waals surface area contributed by atoms with Gasteiger partial charge in [0.1, 0.15) is 0 Å². The van der Waals surface area contributed by atoms with Crippen molar-refractivity contribution in [3.05, 3.63) is 35.4 Å². The molecule has 1 saturated heterocycles. The van der Waals surface area contributed by atoms with Crippen LogP contribution < -0.4 is 0 Å². The first kappa shape index (κ1) is 23.0. The Hall–Kier alpha value is -2.25. The Kier molecular flexibility index (Phi) is 7.19. The number of nitrogens with zero attached hydrogens (tertiary/aromatic N) is 1. The lowest BCUT2D eigenvalue weighted by atomic mass is 10.0. The van der Waals surface area contributed by atoms with Gasteiger partial charge in [-0.05, 0) is 46.2 Å². The predicted octanol–water partition coefficient (Wildman–Crippen LogP) is 3.56. The maximum Gasteiger partial charge on any atom is 0.308 e. The van der Waals surface area contributed by atoms with Crippen molar-refractivity contribution in [3.8, 4) is 0 Å². The molecule has 2 aliphatic rings. The van der Waals surface area contributed by atoms with Gasteiger partial charge in [0.15, 0.2) is 5.79 Å². The van der Waals surface area contributed by atoms with Crippen molar-refractivity contribution in [2.75, 3.05) is 6.54 Å². The van der Waals surface area contributed by atoms with Gasteiger partial charge in [-0.15, -0.1) is 0 Å². The first-order valence-electron chi connectivity index (χ1n) is 9.66. The summed E-state index contributed by atoms with van der Waals surface area (Å²) >= 11 is 0. The van der Waals surface area contributed by atoms with Crippen molar-refractivity contribution >= 4 is 17.8 Å². The summed E-state index contributed by atoms with van der Waals surface area (Å²) in [4.78, 5) is 38.2. The number of ether oxygens (including phenoxy) is 3. The van der Waals surface area contributed by atoms with Crippen molar-refractivity contribution < 1.29 is 28.6 Å². The fourth-order valence-corrected chi connectivity index (χ4v) is 3.73. The lowest BCUT2D eigenvalue weighted by Crippen LogP contribution is -2.46. The molecule has 3 rings (SSSR count). The molecule has 0 spiro atoms. The Morgan fingerprint density at radius 2 is 1.69 bits per heavy atom. The molecule has 7 nitrogen and oxygen atoms in total. The van der Waals surface area contributed by atoms with Crippen LogP contribution in [-0.4, -0.2) is 53.3 Å². The molecule has 0 saturated carbocycles. The van der Waals surface area contributed by atoms with E-state index >= 15 is 0 Å². The number of carbonyl (C=O) groups excluding carboxylic acids is 3. The molecule has 2 aliphatic heterocycles. The molecule has 160 valence electrons. The van der Waals surface area contributed by atoms with E-state index in [0.717, 1.165) is 0 Å². The standard InChI is InChI=1S/C21H27NO6.CH4/c1-13(2)26-18(23)12-15-11-14(27-21(3,4)28-15)9-10-22-19(24)16-7-5-6-8-17(16)20(22)25;/h5-8,13-15H,9-12H2,1-4H3;1H4/t14-,15-;/m1./s1. The summed E-state index contributed by atoms with van der Waals surface area (Å²) in [6, 6.07) is 6.83. The third-order valence-corrected chi connectivity index (χ3v) is 4.74. The van der Waals surface area contributed by atoms with Crippen LogP contribution in [0.2, 0.25) is 0 Å². The summed E-state index contributed by atoms with van der Waals surface area (Å²) in [5.74, 6) is -1.71. The van der Waals surface area contributed by atoms with E-state index in [4.69, 9.17) is 14.2 Å². The van der Waals surface area contributed by atoms with Crippen LogP contribution >= 0.6 is 0 Å². The number of benzene rings is 1. The summed E-state index contributed by atoms with van der Waals surface area (Å²) < 4.78 is 17.0. The van der Waals surface area contributed by atoms with Gasteiger partial charge in [-0.25, -0.2) is 0 Å². The van der Waals surface area contributed by atoms with E-state index in [-0.39, 0.29) is 56.5 Å². The highest BCUT2D eigenvalue weighted by Crippen LogP contribution is 2.31. The lowest BCUT2D eigenvalue weighted by Gasteiger charge is -2.41. The highest BCUT2D eigenvalue weighted by molar-refractivity contribution is 6.21.